The predicted octanol–water partition coefficient (Wildman–Crippen LogP) is 3.11. The van der Waals surface area contributed by atoms with Gasteiger partial charge in [-0.1, -0.05) is 37.6 Å². The van der Waals surface area contributed by atoms with E-state index in [1.54, 1.807) is 18.2 Å². The number of nitrogens with zero attached hydrogens (tertiary/aromatic N) is 3. The second-order valence-corrected chi connectivity index (χ2v) is 8.34. The molecule has 0 amide bonds. The first-order chi connectivity index (χ1) is 13.5. The highest BCUT2D eigenvalue weighted by Crippen LogP contribution is 2.24. The molecule has 1 saturated heterocycles. The van der Waals surface area contributed by atoms with E-state index in [1.807, 2.05) is 31.2 Å². The Morgan fingerprint density at radius 2 is 1.89 bits per heavy atom. The molecule has 2 aromatic rings. The number of piperazine rings is 1. The van der Waals surface area contributed by atoms with Crippen LogP contribution in [0, 0.1) is 0 Å². The fourth-order valence-corrected chi connectivity index (χ4v) is 4.52. The van der Waals surface area contributed by atoms with Gasteiger partial charge in [0.05, 0.1) is 6.20 Å². The summed E-state index contributed by atoms with van der Waals surface area (Å²) in [4.78, 5) is 9.15. The van der Waals surface area contributed by atoms with Crippen molar-refractivity contribution in [3.8, 4) is 5.75 Å². The quantitative estimate of drug-likeness (QED) is 0.500. The van der Waals surface area contributed by atoms with Crippen molar-refractivity contribution in [3.05, 3.63) is 60.8 Å². The summed E-state index contributed by atoms with van der Waals surface area (Å²) in [5, 5.41) is 0. The maximum atomic E-state index is 12.7. The second-order valence-electron chi connectivity index (χ2n) is 6.82. The van der Waals surface area contributed by atoms with Crippen LogP contribution in [-0.2, 0) is 16.5 Å². The average Bonchev–Trinajstić information content (AvgIpc) is 2.70. The number of rotatable bonds is 8. The Hall–Kier alpha value is -2.38. The fourth-order valence-electron chi connectivity index (χ4n) is 3.35. The van der Waals surface area contributed by atoms with Gasteiger partial charge in [0, 0.05) is 32.7 Å². The van der Waals surface area contributed by atoms with Crippen LogP contribution < -0.4 is 9.08 Å². The van der Waals surface area contributed by atoms with E-state index in [0.29, 0.717) is 6.42 Å². The molecule has 0 N–H and O–H groups in total. The molecule has 3 rings (SSSR count). The Morgan fingerprint density at radius 1 is 1.14 bits per heavy atom. The molecule has 0 radical (unpaired) electrons. The summed E-state index contributed by atoms with van der Waals surface area (Å²) in [7, 11) is -3.89. The minimum absolute atomic E-state index is 0.222. The molecular weight excluding hydrogens is 374 g/mol. The molecule has 1 fully saturated rings. The molecule has 1 aliphatic rings. The number of hydrogen-bond donors (Lipinski definition) is 0. The van der Waals surface area contributed by atoms with Crippen LogP contribution in [0.5, 0.6) is 5.75 Å². The largest absolute Gasteiger partial charge is 0.377 e. The Bertz CT molecular complexity index is 889. The standard InChI is InChI=1S/C21H27N3O3S/c1-3-7-18-8-5-6-9-20(18)28(25,26)27-19-10-11-21(22-17-19)24-15-13-23(12-4-2)14-16-24/h4-6,8-11,17H,2-3,7,12-16H2,1H3. The van der Waals surface area contributed by atoms with E-state index in [-0.39, 0.29) is 10.6 Å². The molecule has 0 spiro atoms. The zero-order chi connectivity index (χ0) is 20.0. The van der Waals surface area contributed by atoms with Crippen molar-refractivity contribution in [3.63, 3.8) is 0 Å². The summed E-state index contributed by atoms with van der Waals surface area (Å²) >= 11 is 0. The van der Waals surface area contributed by atoms with Crippen LogP contribution in [0.15, 0.2) is 60.1 Å². The van der Waals surface area contributed by atoms with Gasteiger partial charge in [-0.15, -0.1) is 6.58 Å². The van der Waals surface area contributed by atoms with Crippen LogP contribution in [0.3, 0.4) is 0 Å². The lowest BCUT2D eigenvalue weighted by atomic mass is 10.1. The van der Waals surface area contributed by atoms with Gasteiger partial charge in [0.2, 0.25) is 0 Å². The predicted molar refractivity (Wildman–Crippen MR) is 111 cm³/mol. The van der Waals surface area contributed by atoms with Crippen molar-refractivity contribution < 1.29 is 12.6 Å². The van der Waals surface area contributed by atoms with Crippen LogP contribution >= 0.6 is 0 Å². The third-order valence-electron chi connectivity index (χ3n) is 4.77. The summed E-state index contributed by atoms with van der Waals surface area (Å²) in [6.07, 6.45) is 4.95. The molecular formula is C21H27N3O3S. The van der Waals surface area contributed by atoms with E-state index in [2.05, 4.69) is 21.4 Å². The van der Waals surface area contributed by atoms with Crippen LogP contribution in [0.4, 0.5) is 5.82 Å². The Balaban J connectivity index is 1.68. The van der Waals surface area contributed by atoms with Crippen LogP contribution in [0.25, 0.3) is 0 Å². The highest BCUT2D eigenvalue weighted by Gasteiger charge is 2.21. The highest BCUT2D eigenvalue weighted by atomic mass is 32.2. The summed E-state index contributed by atoms with van der Waals surface area (Å²) in [5.41, 5.74) is 0.770. The van der Waals surface area contributed by atoms with Gasteiger partial charge in [-0.25, -0.2) is 4.98 Å². The van der Waals surface area contributed by atoms with Crippen LogP contribution in [-0.4, -0.2) is 51.0 Å². The minimum Gasteiger partial charge on any atom is -0.377 e. The Morgan fingerprint density at radius 3 is 2.54 bits per heavy atom. The third-order valence-corrected chi connectivity index (χ3v) is 6.12. The van der Waals surface area contributed by atoms with Gasteiger partial charge in [-0.05, 0) is 30.2 Å². The van der Waals surface area contributed by atoms with Crippen molar-refractivity contribution in [1.82, 2.24) is 9.88 Å². The zero-order valence-electron chi connectivity index (χ0n) is 16.3. The van der Waals surface area contributed by atoms with E-state index in [1.165, 1.54) is 6.20 Å². The van der Waals surface area contributed by atoms with E-state index in [4.69, 9.17) is 4.18 Å². The lowest BCUT2D eigenvalue weighted by Gasteiger charge is -2.34. The van der Waals surface area contributed by atoms with Gasteiger partial charge < -0.3 is 9.08 Å². The topological polar surface area (TPSA) is 62.7 Å². The molecule has 1 aromatic carbocycles. The first-order valence-electron chi connectivity index (χ1n) is 9.60. The number of pyridine rings is 1. The maximum absolute atomic E-state index is 12.7. The first-order valence-corrected chi connectivity index (χ1v) is 11.0. The first kappa shape index (κ1) is 20.4. The normalized spacial score (nSPS) is 15.4. The molecule has 0 aliphatic carbocycles. The van der Waals surface area contributed by atoms with Crippen LogP contribution in [0.1, 0.15) is 18.9 Å². The highest BCUT2D eigenvalue weighted by molar-refractivity contribution is 7.87. The smallest absolute Gasteiger partial charge is 0.339 e. The lowest BCUT2D eigenvalue weighted by Crippen LogP contribution is -2.46. The van der Waals surface area contributed by atoms with Crippen molar-refractivity contribution in [1.29, 1.82) is 0 Å². The molecule has 1 aliphatic heterocycles. The van der Waals surface area contributed by atoms with Gasteiger partial charge in [0.25, 0.3) is 0 Å². The molecule has 150 valence electrons. The number of hydrogen-bond acceptors (Lipinski definition) is 6. The number of aromatic nitrogens is 1. The van der Waals surface area contributed by atoms with Crippen molar-refractivity contribution in [2.75, 3.05) is 37.6 Å². The third kappa shape index (κ3) is 4.91. The SMILES string of the molecule is C=CCN1CCN(c2ccc(OS(=O)(=O)c3ccccc3CCC)cn2)CC1. The second kappa shape index (κ2) is 9.21. The van der Waals surface area contributed by atoms with Gasteiger partial charge >= 0.3 is 10.1 Å². The fraction of sp³-hybridized carbons (Fsp3) is 0.381. The molecule has 2 heterocycles. The average molecular weight is 402 g/mol. The van der Waals surface area contributed by atoms with E-state index in [0.717, 1.165) is 50.5 Å². The zero-order valence-corrected chi connectivity index (χ0v) is 17.1. The van der Waals surface area contributed by atoms with Gasteiger partial charge in [0.15, 0.2) is 5.75 Å². The van der Waals surface area contributed by atoms with E-state index < -0.39 is 10.1 Å². The molecule has 0 unspecified atom stereocenters. The summed E-state index contributed by atoms with van der Waals surface area (Å²) in [5.74, 6) is 1.05. The molecule has 0 saturated carbocycles. The van der Waals surface area contributed by atoms with Crippen molar-refractivity contribution >= 4 is 15.9 Å². The van der Waals surface area contributed by atoms with Gasteiger partial charge in [0.1, 0.15) is 10.7 Å². The molecule has 28 heavy (non-hydrogen) atoms. The van der Waals surface area contributed by atoms with E-state index >= 15 is 0 Å². The summed E-state index contributed by atoms with van der Waals surface area (Å²) in [6.45, 7) is 10.4. The molecule has 0 bridgehead atoms. The Kier molecular flexibility index (Phi) is 6.70. The molecule has 1 aromatic heterocycles. The maximum Gasteiger partial charge on any atom is 0.339 e. The molecule has 7 heteroatoms. The number of aryl methyl sites for hydroxylation is 1. The van der Waals surface area contributed by atoms with E-state index in [9.17, 15) is 8.42 Å². The van der Waals surface area contributed by atoms with Crippen molar-refractivity contribution in [2.24, 2.45) is 0 Å². The lowest BCUT2D eigenvalue weighted by molar-refractivity contribution is 0.283. The Labute approximate surface area is 167 Å². The monoisotopic (exact) mass is 401 g/mol. The number of benzene rings is 1. The van der Waals surface area contributed by atoms with Crippen molar-refractivity contribution in [2.45, 2.75) is 24.7 Å². The summed E-state index contributed by atoms with van der Waals surface area (Å²) < 4.78 is 30.8. The number of anilines is 1. The minimum atomic E-state index is -3.89. The molecule has 0 atom stereocenters. The van der Waals surface area contributed by atoms with Gasteiger partial charge in [-0.3, -0.25) is 4.90 Å². The molecule has 6 nitrogen and oxygen atoms in total. The van der Waals surface area contributed by atoms with Crippen LogP contribution in [0.2, 0.25) is 0 Å². The summed E-state index contributed by atoms with van der Waals surface area (Å²) in [6, 6.07) is 10.4. The van der Waals surface area contributed by atoms with Gasteiger partial charge in [-0.2, -0.15) is 8.42 Å².